The molecule has 0 saturated carbocycles. The molecule has 5 nitrogen and oxygen atoms in total. The van der Waals surface area contributed by atoms with Gasteiger partial charge in [-0.25, -0.2) is 0 Å². The van der Waals surface area contributed by atoms with Crippen LogP contribution in [0.15, 0.2) is 30.6 Å². The molecule has 0 rings (SSSR count). The van der Waals surface area contributed by atoms with E-state index in [1.54, 1.807) is 0 Å². The van der Waals surface area contributed by atoms with E-state index in [9.17, 15) is 10.4 Å². The Morgan fingerprint density at radius 2 is 1.82 bits per heavy atom. The van der Waals surface area contributed by atoms with Gasteiger partial charge in [0, 0.05) is 4.97 Å². The molecule has 0 aromatic rings. The van der Waals surface area contributed by atoms with Crippen LogP contribution in [0.4, 0.5) is 0 Å². The third-order valence-corrected chi connectivity index (χ3v) is 0.992. The van der Waals surface area contributed by atoms with Gasteiger partial charge >= 0.3 is 0 Å². The molecule has 0 aliphatic heterocycles. The summed E-state index contributed by atoms with van der Waals surface area (Å²) in [7, 11) is 0. The topological polar surface area (TPSA) is 64.7 Å². The smallest absolute Gasteiger partial charge is 0.0950 e. The quantitative estimate of drug-likeness (QED) is 0.258. The molecular formula is C6H10N3O2-. The van der Waals surface area contributed by atoms with Crippen LogP contribution >= 0.6 is 0 Å². The third-order valence-electron chi connectivity index (χ3n) is 0.992. The van der Waals surface area contributed by atoms with Crippen molar-refractivity contribution in [3.63, 3.8) is 0 Å². The maximum atomic E-state index is 10.6. The molecule has 0 aliphatic rings. The maximum Gasteiger partial charge on any atom is 0.0950 e. The average Bonchev–Trinajstić information content (AvgIpc) is 2.03. The molecule has 0 amide bonds. The van der Waals surface area contributed by atoms with Crippen LogP contribution in [-0.2, 0) is 0 Å². The minimum absolute atomic E-state index is 0.0244. The van der Waals surface area contributed by atoms with E-state index in [2.05, 4.69) is 18.4 Å². The molecule has 62 valence electrons. The van der Waals surface area contributed by atoms with E-state index in [-0.39, 0.29) is 18.1 Å². The van der Waals surface area contributed by atoms with Crippen LogP contribution in [0.5, 0.6) is 0 Å². The number of nitrogens with zero attached hydrogens (tertiary/aromatic N) is 3. The van der Waals surface area contributed by atoms with Crippen molar-refractivity contribution in [3.05, 3.63) is 35.7 Å². The fourth-order valence-electron chi connectivity index (χ4n) is 0.564. The SMILES string of the molecule is C=CCN(CC=C)/[N+]([O-])=N\[O-]. The van der Waals surface area contributed by atoms with Crippen molar-refractivity contribution >= 4 is 0 Å². The monoisotopic (exact) mass is 156 g/mol. The van der Waals surface area contributed by atoms with Gasteiger partial charge in [0.15, 0.2) is 0 Å². The lowest BCUT2D eigenvalue weighted by Crippen LogP contribution is -2.30. The summed E-state index contributed by atoms with van der Waals surface area (Å²) in [6, 6.07) is 0. The van der Waals surface area contributed by atoms with Crippen molar-refractivity contribution in [2.75, 3.05) is 13.1 Å². The van der Waals surface area contributed by atoms with Gasteiger partial charge in [-0.3, -0.25) is 0 Å². The first-order valence-corrected chi connectivity index (χ1v) is 3.03. The molecule has 0 aliphatic carbocycles. The highest BCUT2D eigenvalue weighted by Crippen LogP contribution is 1.90. The zero-order chi connectivity index (χ0) is 8.69. The number of hydrogen-bond acceptors (Lipinski definition) is 3. The van der Waals surface area contributed by atoms with E-state index in [1.165, 1.54) is 12.2 Å². The normalized spacial score (nSPS) is 10.7. The highest BCUT2D eigenvalue weighted by atomic mass is 16.6. The fourth-order valence-corrected chi connectivity index (χ4v) is 0.564. The molecule has 0 spiro atoms. The zero-order valence-corrected chi connectivity index (χ0v) is 6.14. The van der Waals surface area contributed by atoms with Crippen molar-refractivity contribution in [1.29, 1.82) is 0 Å². The van der Waals surface area contributed by atoms with Crippen LogP contribution in [0.1, 0.15) is 0 Å². The van der Waals surface area contributed by atoms with E-state index in [0.29, 0.717) is 0 Å². The Morgan fingerprint density at radius 3 is 2.09 bits per heavy atom. The molecule has 11 heavy (non-hydrogen) atoms. The second-order valence-electron chi connectivity index (χ2n) is 1.78. The number of rotatable bonds is 5. The standard InChI is InChI=1S/C6H11N3O2/c1-3-5-8(6-4-2)9(11)7-10/h3-4,10H,1-2,5-6H2/p-1/b9-7+. The van der Waals surface area contributed by atoms with Crippen LogP contribution < -0.4 is 0 Å². The zero-order valence-electron chi connectivity index (χ0n) is 6.14. The van der Waals surface area contributed by atoms with E-state index in [1.807, 2.05) is 0 Å². The molecule has 0 fully saturated rings. The Balaban J connectivity index is 4.07. The lowest BCUT2D eigenvalue weighted by Gasteiger charge is -2.15. The van der Waals surface area contributed by atoms with E-state index in [4.69, 9.17) is 0 Å². The summed E-state index contributed by atoms with van der Waals surface area (Å²) in [6.45, 7) is 7.39. The predicted octanol–water partition coefficient (Wildman–Crippen LogP) is 1.04. The van der Waals surface area contributed by atoms with Gasteiger partial charge in [-0.05, 0) is 5.28 Å². The lowest BCUT2D eigenvalue weighted by molar-refractivity contribution is -0.686. The van der Waals surface area contributed by atoms with E-state index in [0.717, 1.165) is 5.01 Å². The van der Waals surface area contributed by atoms with Gasteiger partial charge in [0.25, 0.3) is 0 Å². The number of hydrogen-bond donors (Lipinski definition) is 0. The largest absolute Gasteiger partial charge is 0.737 e. The first-order valence-electron chi connectivity index (χ1n) is 3.03. The van der Waals surface area contributed by atoms with Crippen molar-refractivity contribution in [3.8, 4) is 0 Å². The second kappa shape index (κ2) is 5.28. The molecule has 0 unspecified atom stereocenters. The van der Waals surface area contributed by atoms with Gasteiger partial charge in [0.05, 0.1) is 13.1 Å². The molecule has 0 bridgehead atoms. The van der Waals surface area contributed by atoms with Gasteiger partial charge in [-0.2, -0.15) is 0 Å². The summed E-state index contributed by atoms with van der Waals surface area (Å²) in [5.41, 5.74) is 0. The first-order chi connectivity index (χ1) is 5.26. The van der Waals surface area contributed by atoms with Crippen LogP contribution in [0.25, 0.3) is 0 Å². The Morgan fingerprint density at radius 1 is 1.36 bits per heavy atom. The van der Waals surface area contributed by atoms with Crippen molar-refractivity contribution in [1.82, 2.24) is 5.01 Å². The lowest BCUT2D eigenvalue weighted by atomic mass is 10.5. The summed E-state index contributed by atoms with van der Waals surface area (Å²) in [5.74, 6) is 0. The van der Waals surface area contributed by atoms with Crippen molar-refractivity contribution < 1.29 is 4.97 Å². The van der Waals surface area contributed by atoms with E-state index >= 15 is 0 Å². The van der Waals surface area contributed by atoms with Gasteiger partial charge in [-0.1, -0.05) is 12.2 Å². The Kier molecular flexibility index (Phi) is 4.55. The van der Waals surface area contributed by atoms with E-state index < -0.39 is 0 Å². The van der Waals surface area contributed by atoms with Crippen molar-refractivity contribution in [2.24, 2.45) is 5.28 Å². The summed E-state index contributed by atoms with van der Waals surface area (Å²) >= 11 is 0. The summed E-state index contributed by atoms with van der Waals surface area (Å²) in [6.07, 6.45) is 3.00. The molecule has 0 heterocycles. The minimum atomic E-state index is -0.0244. The molecule has 0 saturated heterocycles. The Labute approximate surface area is 65.1 Å². The van der Waals surface area contributed by atoms with Crippen LogP contribution in [0.3, 0.4) is 0 Å². The summed E-state index contributed by atoms with van der Waals surface area (Å²) in [5, 5.41) is 23.6. The Bertz CT molecular complexity index is 157. The predicted molar refractivity (Wildman–Crippen MR) is 41.4 cm³/mol. The highest BCUT2D eigenvalue weighted by molar-refractivity contribution is 4.74. The molecule has 0 atom stereocenters. The Hall–Kier alpha value is -1.52. The third kappa shape index (κ3) is 3.24. The molecule has 0 N–H and O–H groups in total. The maximum absolute atomic E-state index is 10.6. The molecular weight excluding hydrogens is 146 g/mol. The molecule has 5 heteroatoms. The highest BCUT2D eigenvalue weighted by Gasteiger charge is 2.04. The summed E-state index contributed by atoms with van der Waals surface area (Å²) in [4.78, 5) is -0.0244. The van der Waals surface area contributed by atoms with Crippen LogP contribution in [0, 0.1) is 10.4 Å². The van der Waals surface area contributed by atoms with Gasteiger partial charge < -0.3 is 10.4 Å². The average molecular weight is 156 g/mol. The fraction of sp³-hybridized carbons (Fsp3) is 0.333. The van der Waals surface area contributed by atoms with Crippen LogP contribution in [-0.4, -0.2) is 23.1 Å². The van der Waals surface area contributed by atoms with Crippen LogP contribution in [0.2, 0.25) is 0 Å². The first kappa shape index (κ1) is 9.48. The summed E-state index contributed by atoms with van der Waals surface area (Å²) < 4.78 is 0. The minimum Gasteiger partial charge on any atom is -0.737 e. The molecule has 0 radical (unpaired) electrons. The second-order valence-corrected chi connectivity index (χ2v) is 1.78. The van der Waals surface area contributed by atoms with Gasteiger partial charge in [0.1, 0.15) is 0 Å². The number of hydrazine groups is 1. The van der Waals surface area contributed by atoms with Gasteiger partial charge in [0.2, 0.25) is 0 Å². The van der Waals surface area contributed by atoms with Gasteiger partial charge in [-0.15, -0.1) is 18.2 Å². The molecule has 0 aromatic heterocycles. The molecule has 0 aromatic carbocycles. The van der Waals surface area contributed by atoms with Crippen molar-refractivity contribution in [2.45, 2.75) is 0 Å².